The van der Waals surface area contributed by atoms with Gasteiger partial charge in [-0.15, -0.1) is 0 Å². The largest absolute Gasteiger partial charge is 0.456 e. The van der Waals surface area contributed by atoms with Crippen molar-refractivity contribution < 1.29 is 4.42 Å². The number of hydrogen-bond acceptors (Lipinski definition) is 2. The predicted molar refractivity (Wildman–Crippen MR) is 253 cm³/mol. The van der Waals surface area contributed by atoms with Crippen molar-refractivity contribution in [1.82, 2.24) is 0 Å². The molecule has 0 aliphatic heterocycles. The van der Waals surface area contributed by atoms with Gasteiger partial charge in [0.15, 0.2) is 0 Å². The number of benzene rings is 10. The fourth-order valence-electron chi connectivity index (χ4n) is 10.6. The lowest BCUT2D eigenvalue weighted by molar-refractivity contribution is 0.669. The molecule has 1 heterocycles. The monoisotopic (exact) mass is 775 g/mol. The number of rotatable bonds is 4. The van der Waals surface area contributed by atoms with E-state index in [2.05, 4.69) is 223 Å². The van der Waals surface area contributed by atoms with E-state index >= 15 is 0 Å². The van der Waals surface area contributed by atoms with Crippen LogP contribution >= 0.6 is 0 Å². The Morgan fingerprint density at radius 1 is 0.295 bits per heavy atom. The van der Waals surface area contributed by atoms with Crippen LogP contribution in [0.3, 0.4) is 0 Å². The van der Waals surface area contributed by atoms with Gasteiger partial charge in [0.2, 0.25) is 0 Å². The molecule has 1 unspecified atom stereocenters. The van der Waals surface area contributed by atoms with Gasteiger partial charge in [-0.3, -0.25) is 0 Å². The molecule has 0 amide bonds. The normalized spacial score (nSPS) is 14.6. The van der Waals surface area contributed by atoms with Crippen LogP contribution in [0, 0.1) is 0 Å². The smallest absolute Gasteiger partial charge is 0.137 e. The molecule has 1 atom stereocenters. The standard InChI is InChI=1S/C59H37NO/c1-2-14-38(15-3-1)39-26-28-42(29-27-39)60(44-30-32-50-49-22-10-13-25-57(49)61-58(50)37-44)43-31-33-55-52(36-43)46-19-7-6-18-45(46)47-20-8-11-23-53(47)59(55)54-24-12-9-21-48(54)51-34-40-16-4-5-17-41(40)35-56(51)59/h1-37H. The molecule has 11 aromatic rings. The minimum atomic E-state index is -0.575. The van der Waals surface area contributed by atoms with Crippen molar-refractivity contribution in [1.29, 1.82) is 0 Å². The van der Waals surface area contributed by atoms with Crippen molar-refractivity contribution in [3.8, 4) is 44.5 Å². The van der Waals surface area contributed by atoms with E-state index < -0.39 is 5.41 Å². The number of hydrogen-bond donors (Lipinski definition) is 0. The van der Waals surface area contributed by atoms with Crippen molar-refractivity contribution >= 4 is 49.8 Å². The maximum atomic E-state index is 6.52. The Hall–Kier alpha value is -7.94. The summed E-state index contributed by atoms with van der Waals surface area (Å²) in [6, 6.07) is 82.6. The zero-order valence-corrected chi connectivity index (χ0v) is 33.2. The van der Waals surface area contributed by atoms with Gasteiger partial charge in [-0.25, -0.2) is 0 Å². The average Bonchev–Trinajstić information content (AvgIpc) is 3.81. The van der Waals surface area contributed by atoms with E-state index in [0.29, 0.717) is 0 Å². The van der Waals surface area contributed by atoms with Crippen LogP contribution in [0.4, 0.5) is 17.1 Å². The highest BCUT2D eigenvalue weighted by Crippen LogP contribution is 2.62. The first kappa shape index (κ1) is 34.0. The van der Waals surface area contributed by atoms with Crippen LogP contribution in [0.2, 0.25) is 0 Å². The summed E-state index contributed by atoms with van der Waals surface area (Å²) in [5, 5.41) is 4.74. The Kier molecular flexibility index (Phi) is 7.26. The number of anilines is 3. The van der Waals surface area contributed by atoms with E-state index in [0.717, 1.165) is 39.0 Å². The zero-order valence-electron chi connectivity index (χ0n) is 33.2. The lowest BCUT2D eigenvalue weighted by Crippen LogP contribution is -2.29. The molecule has 284 valence electrons. The minimum absolute atomic E-state index is 0.575. The molecule has 61 heavy (non-hydrogen) atoms. The molecule has 0 N–H and O–H groups in total. The molecular formula is C59H37NO. The molecule has 2 nitrogen and oxygen atoms in total. The molecular weight excluding hydrogens is 739 g/mol. The van der Waals surface area contributed by atoms with E-state index in [-0.39, 0.29) is 0 Å². The first-order chi connectivity index (χ1) is 30.2. The lowest BCUT2D eigenvalue weighted by atomic mass is 9.65. The Balaban J connectivity index is 1.10. The van der Waals surface area contributed by atoms with Crippen LogP contribution in [0.15, 0.2) is 229 Å². The maximum Gasteiger partial charge on any atom is 0.137 e. The van der Waals surface area contributed by atoms with Gasteiger partial charge < -0.3 is 9.32 Å². The topological polar surface area (TPSA) is 16.4 Å². The molecule has 0 bridgehead atoms. The summed E-state index contributed by atoms with van der Waals surface area (Å²) in [5.41, 5.74) is 19.5. The van der Waals surface area contributed by atoms with Gasteiger partial charge in [0, 0.05) is 33.9 Å². The highest BCUT2D eigenvalue weighted by atomic mass is 16.3. The Morgan fingerprint density at radius 3 is 1.57 bits per heavy atom. The molecule has 0 saturated carbocycles. The van der Waals surface area contributed by atoms with E-state index in [1.807, 2.05) is 6.07 Å². The maximum absolute atomic E-state index is 6.52. The molecule has 1 spiro atoms. The second-order valence-electron chi connectivity index (χ2n) is 16.4. The number of furan rings is 1. The van der Waals surface area contributed by atoms with E-state index in [1.165, 1.54) is 77.5 Å². The van der Waals surface area contributed by atoms with E-state index in [1.54, 1.807) is 0 Å². The number of para-hydroxylation sites is 1. The fourth-order valence-corrected chi connectivity index (χ4v) is 10.6. The van der Waals surface area contributed by atoms with Gasteiger partial charge in [0.1, 0.15) is 11.2 Å². The summed E-state index contributed by atoms with van der Waals surface area (Å²) >= 11 is 0. The molecule has 2 aliphatic rings. The third kappa shape index (κ3) is 4.91. The molecule has 0 fully saturated rings. The molecule has 10 aromatic carbocycles. The van der Waals surface area contributed by atoms with Crippen molar-refractivity contribution in [3.63, 3.8) is 0 Å². The zero-order chi connectivity index (χ0) is 40.1. The summed E-state index contributed by atoms with van der Waals surface area (Å²) in [5.74, 6) is 0. The van der Waals surface area contributed by atoms with Crippen molar-refractivity contribution in [3.05, 3.63) is 247 Å². The predicted octanol–water partition coefficient (Wildman–Crippen LogP) is 15.9. The van der Waals surface area contributed by atoms with Crippen LogP contribution in [0.25, 0.3) is 77.2 Å². The van der Waals surface area contributed by atoms with Gasteiger partial charge in [0.05, 0.1) is 5.41 Å². The van der Waals surface area contributed by atoms with Gasteiger partial charge in [-0.1, -0.05) is 164 Å². The van der Waals surface area contributed by atoms with Crippen molar-refractivity contribution in [2.24, 2.45) is 0 Å². The highest BCUT2D eigenvalue weighted by Gasteiger charge is 2.50. The number of nitrogens with zero attached hydrogens (tertiary/aromatic N) is 1. The molecule has 1 aromatic heterocycles. The molecule has 0 radical (unpaired) electrons. The van der Waals surface area contributed by atoms with Crippen LogP contribution in [-0.4, -0.2) is 0 Å². The lowest BCUT2D eigenvalue weighted by Gasteiger charge is -2.36. The van der Waals surface area contributed by atoms with Gasteiger partial charge in [0.25, 0.3) is 0 Å². The highest BCUT2D eigenvalue weighted by molar-refractivity contribution is 6.06. The van der Waals surface area contributed by atoms with Gasteiger partial charge in [-0.05, 0) is 132 Å². The van der Waals surface area contributed by atoms with Gasteiger partial charge in [-0.2, -0.15) is 0 Å². The minimum Gasteiger partial charge on any atom is -0.456 e. The molecule has 13 rings (SSSR count). The summed E-state index contributed by atoms with van der Waals surface area (Å²) in [6.07, 6.45) is 0. The average molecular weight is 776 g/mol. The Bertz CT molecular complexity index is 3540. The summed E-state index contributed by atoms with van der Waals surface area (Å²) in [4.78, 5) is 2.39. The first-order valence-corrected chi connectivity index (χ1v) is 21.1. The van der Waals surface area contributed by atoms with Crippen molar-refractivity contribution in [2.45, 2.75) is 5.41 Å². The van der Waals surface area contributed by atoms with Crippen molar-refractivity contribution in [2.75, 3.05) is 4.90 Å². The molecule has 2 aliphatic carbocycles. The number of fused-ring (bicyclic) bond motifs is 16. The fraction of sp³-hybridized carbons (Fsp3) is 0.0169. The summed E-state index contributed by atoms with van der Waals surface area (Å²) in [7, 11) is 0. The quantitative estimate of drug-likeness (QED) is 0.177. The Labute approximate surface area is 354 Å². The van der Waals surface area contributed by atoms with Crippen LogP contribution in [-0.2, 0) is 5.41 Å². The summed E-state index contributed by atoms with van der Waals surface area (Å²) < 4.78 is 6.52. The second-order valence-corrected chi connectivity index (χ2v) is 16.4. The SMILES string of the molecule is c1ccc(-c2ccc(N(c3ccc4c(c3)-c3ccccc3-c3ccccc3C43c4ccccc4-c4cc5ccccc5cc43)c3ccc4c(c3)oc3ccccc34)cc2)cc1. The molecule has 2 heteroatoms. The van der Waals surface area contributed by atoms with Crippen LogP contribution < -0.4 is 4.90 Å². The van der Waals surface area contributed by atoms with Crippen LogP contribution in [0.1, 0.15) is 22.3 Å². The third-order valence-electron chi connectivity index (χ3n) is 13.3. The van der Waals surface area contributed by atoms with Gasteiger partial charge >= 0.3 is 0 Å². The third-order valence-corrected chi connectivity index (χ3v) is 13.3. The second kappa shape index (κ2) is 13.0. The first-order valence-electron chi connectivity index (χ1n) is 21.1. The van der Waals surface area contributed by atoms with E-state index in [4.69, 9.17) is 4.42 Å². The van der Waals surface area contributed by atoms with Crippen LogP contribution in [0.5, 0.6) is 0 Å². The molecule has 0 saturated heterocycles. The summed E-state index contributed by atoms with van der Waals surface area (Å²) in [6.45, 7) is 0. The van der Waals surface area contributed by atoms with E-state index in [9.17, 15) is 0 Å². The Morgan fingerprint density at radius 2 is 0.803 bits per heavy atom.